The molecule has 0 N–H and O–H groups in total. The molecule has 3 heterocycles. The number of aryl methyl sites for hydroxylation is 1. The Hall–Kier alpha value is -2.42. The van der Waals surface area contributed by atoms with E-state index in [1.54, 1.807) is 6.07 Å². The predicted molar refractivity (Wildman–Crippen MR) is 79.9 cm³/mol. The van der Waals surface area contributed by atoms with Gasteiger partial charge < -0.3 is 4.57 Å². The number of rotatable bonds is 1. The van der Waals surface area contributed by atoms with Gasteiger partial charge in [-0.05, 0) is 24.1 Å². The van der Waals surface area contributed by atoms with Crippen LogP contribution in [0, 0.1) is 0 Å². The highest BCUT2D eigenvalue weighted by molar-refractivity contribution is 5.87. The third-order valence-corrected chi connectivity index (χ3v) is 4.07. The molecule has 0 saturated heterocycles. The van der Waals surface area contributed by atoms with Crippen molar-refractivity contribution >= 4 is 10.9 Å². The lowest BCUT2D eigenvalue weighted by Gasteiger charge is -2.09. The zero-order valence-electron chi connectivity index (χ0n) is 11.3. The molecule has 0 amide bonds. The number of pyridine rings is 2. The molecule has 2 aromatic heterocycles. The SMILES string of the molecule is CCc1c2c(nc3ccccc13)-c1cccc(=O)n1C2. The summed E-state index contributed by atoms with van der Waals surface area (Å²) in [4.78, 5) is 16.8. The third-order valence-electron chi connectivity index (χ3n) is 4.07. The van der Waals surface area contributed by atoms with Crippen LogP contribution in [0.25, 0.3) is 22.3 Å². The molecule has 1 aliphatic rings. The normalized spacial score (nSPS) is 12.4. The maximum atomic E-state index is 12.0. The van der Waals surface area contributed by atoms with Gasteiger partial charge in [-0.15, -0.1) is 0 Å². The van der Waals surface area contributed by atoms with Crippen molar-refractivity contribution < 1.29 is 0 Å². The minimum atomic E-state index is 0.0478. The van der Waals surface area contributed by atoms with Crippen molar-refractivity contribution in [1.82, 2.24) is 9.55 Å². The van der Waals surface area contributed by atoms with Crippen molar-refractivity contribution in [2.24, 2.45) is 0 Å². The molecular formula is C17H14N2O. The van der Waals surface area contributed by atoms with Gasteiger partial charge in [-0.25, -0.2) is 4.98 Å². The molecule has 0 saturated carbocycles. The average molecular weight is 262 g/mol. The molecule has 3 heteroatoms. The van der Waals surface area contributed by atoms with Crippen molar-refractivity contribution in [3.63, 3.8) is 0 Å². The number of fused-ring (bicyclic) bond motifs is 4. The van der Waals surface area contributed by atoms with Gasteiger partial charge >= 0.3 is 0 Å². The van der Waals surface area contributed by atoms with E-state index in [4.69, 9.17) is 4.98 Å². The van der Waals surface area contributed by atoms with Gasteiger partial charge in [-0.2, -0.15) is 0 Å². The smallest absolute Gasteiger partial charge is 0.251 e. The van der Waals surface area contributed by atoms with Crippen LogP contribution in [-0.4, -0.2) is 9.55 Å². The van der Waals surface area contributed by atoms with Gasteiger partial charge in [-0.3, -0.25) is 4.79 Å². The molecule has 0 fully saturated rings. The highest BCUT2D eigenvalue weighted by Gasteiger charge is 2.24. The van der Waals surface area contributed by atoms with Crippen LogP contribution in [0.1, 0.15) is 18.1 Å². The Morgan fingerprint density at radius 1 is 1.15 bits per heavy atom. The van der Waals surface area contributed by atoms with Crippen molar-refractivity contribution in [3.05, 3.63) is 63.9 Å². The summed E-state index contributed by atoms with van der Waals surface area (Å²) < 4.78 is 1.82. The Morgan fingerprint density at radius 2 is 2.00 bits per heavy atom. The predicted octanol–water partition coefficient (Wildman–Crippen LogP) is 2.99. The third kappa shape index (κ3) is 1.40. The summed E-state index contributed by atoms with van der Waals surface area (Å²) in [5.41, 5.74) is 5.48. The van der Waals surface area contributed by atoms with Crippen LogP contribution >= 0.6 is 0 Å². The lowest BCUT2D eigenvalue weighted by molar-refractivity contribution is 0.797. The second-order valence-electron chi connectivity index (χ2n) is 5.12. The fourth-order valence-corrected chi connectivity index (χ4v) is 3.15. The second kappa shape index (κ2) is 4.04. The molecule has 3 aromatic rings. The molecule has 0 aliphatic carbocycles. The van der Waals surface area contributed by atoms with E-state index in [1.807, 2.05) is 34.9 Å². The summed E-state index contributed by atoms with van der Waals surface area (Å²) >= 11 is 0. The summed E-state index contributed by atoms with van der Waals surface area (Å²) in [6, 6.07) is 13.6. The standard InChI is InChI=1S/C17H14N2O/c1-2-11-12-6-3-4-7-14(12)18-17-13(11)10-19-15(17)8-5-9-16(19)20/h3-9H,2,10H2,1H3. The number of hydrogen-bond acceptors (Lipinski definition) is 2. The van der Waals surface area contributed by atoms with E-state index in [1.165, 1.54) is 16.5 Å². The van der Waals surface area contributed by atoms with Crippen molar-refractivity contribution in [2.75, 3.05) is 0 Å². The Labute approximate surface area is 116 Å². The van der Waals surface area contributed by atoms with E-state index in [2.05, 4.69) is 13.0 Å². The Balaban J connectivity index is 2.14. The number of aromatic nitrogens is 2. The Kier molecular flexibility index (Phi) is 2.30. The fraction of sp³-hybridized carbons (Fsp3) is 0.176. The molecule has 3 nitrogen and oxygen atoms in total. The van der Waals surface area contributed by atoms with Gasteiger partial charge in [0.05, 0.1) is 23.4 Å². The summed E-state index contributed by atoms with van der Waals surface area (Å²) in [6.45, 7) is 2.80. The van der Waals surface area contributed by atoms with Crippen molar-refractivity contribution in [3.8, 4) is 11.4 Å². The number of benzene rings is 1. The van der Waals surface area contributed by atoms with Gasteiger partial charge in [0.15, 0.2) is 0 Å². The zero-order chi connectivity index (χ0) is 13.7. The molecule has 4 rings (SSSR count). The summed E-state index contributed by atoms with van der Waals surface area (Å²) in [5, 5.41) is 1.20. The van der Waals surface area contributed by atoms with Crippen molar-refractivity contribution in [2.45, 2.75) is 19.9 Å². The second-order valence-corrected chi connectivity index (χ2v) is 5.12. The largest absolute Gasteiger partial charge is 0.302 e. The molecule has 0 bridgehead atoms. The van der Waals surface area contributed by atoms with E-state index in [0.717, 1.165) is 23.3 Å². The van der Waals surface area contributed by atoms with Crippen LogP contribution < -0.4 is 5.56 Å². The maximum Gasteiger partial charge on any atom is 0.251 e. The van der Waals surface area contributed by atoms with Gasteiger partial charge in [-0.1, -0.05) is 31.2 Å². The highest BCUT2D eigenvalue weighted by Crippen LogP contribution is 2.34. The molecule has 98 valence electrons. The molecule has 20 heavy (non-hydrogen) atoms. The molecular weight excluding hydrogens is 248 g/mol. The van der Waals surface area contributed by atoms with Crippen LogP contribution in [0.3, 0.4) is 0 Å². The lowest BCUT2D eigenvalue weighted by Crippen LogP contribution is -2.16. The van der Waals surface area contributed by atoms with E-state index in [-0.39, 0.29) is 5.56 Å². The van der Waals surface area contributed by atoms with Gasteiger partial charge in [0.25, 0.3) is 5.56 Å². The first-order valence-electron chi connectivity index (χ1n) is 6.90. The van der Waals surface area contributed by atoms with Crippen LogP contribution in [-0.2, 0) is 13.0 Å². The van der Waals surface area contributed by atoms with Crippen molar-refractivity contribution in [1.29, 1.82) is 0 Å². The molecule has 0 unspecified atom stereocenters. The number of nitrogens with zero attached hydrogens (tertiary/aromatic N) is 2. The monoisotopic (exact) mass is 262 g/mol. The first-order valence-corrected chi connectivity index (χ1v) is 6.90. The van der Waals surface area contributed by atoms with Crippen LogP contribution in [0.5, 0.6) is 0 Å². The maximum absolute atomic E-state index is 12.0. The Bertz CT molecular complexity index is 893. The van der Waals surface area contributed by atoms with E-state index < -0.39 is 0 Å². The fourth-order valence-electron chi connectivity index (χ4n) is 3.15. The zero-order valence-corrected chi connectivity index (χ0v) is 11.3. The Morgan fingerprint density at radius 3 is 2.85 bits per heavy atom. The number of para-hydroxylation sites is 1. The van der Waals surface area contributed by atoms with E-state index in [9.17, 15) is 4.79 Å². The summed E-state index contributed by atoms with van der Waals surface area (Å²) in [5.74, 6) is 0. The quantitative estimate of drug-likeness (QED) is 0.528. The highest BCUT2D eigenvalue weighted by atomic mass is 16.1. The minimum Gasteiger partial charge on any atom is -0.302 e. The number of hydrogen-bond donors (Lipinski definition) is 0. The van der Waals surface area contributed by atoms with Gasteiger partial charge in [0.1, 0.15) is 0 Å². The molecule has 1 aromatic carbocycles. The topological polar surface area (TPSA) is 34.9 Å². The molecule has 0 spiro atoms. The minimum absolute atomic E-state index is 0.0478. The van der Waals surface area contributed by atoms with Crippen LogP contribution in [0.2, 0.25) is 0 Å². The molecule has 1 aliphatic heterocycles. The summed E-state index contributed by atoms with van der Waals surface area (Å²) in [6.07, 6.45) is 0.952. The average Bonchev–Trinajstić information content (AvgIpc) is 2.85. The van der Waals surface area contributed by atoms with Gasteiger partial charge in [0, 0.05) is 17.0 Å². The lowest BCUT2D eigenvalue weighted by atomic mass is 9.99. The van der Waals surface area contributed by atoms with Gasteiger partial charge in [0.2, 0.25) is 0 Å². The molecule has 0 atom stereocenters. The van der Waals surface area contributed by atoms with Crippen LogP contribution in [0.15, 0.2) is 47.3 Å². The molecule has 0 radical (unpaired) electrons. The van der Waals surface area contributed by atoms with E-state index in [0.29, 0.717) is 6.54 Å². The van der Waals surface area contributed by atoms with Crippen LogP contribution in [0.4, 0.5) is 0 Å². The first-order chi connectivity index (χ1) is 9.79. The van der Waals surface area contributed by atoms with E-state index >= 15 is 0 Å². The first kappa shape index (κ1) is 11.4. The summed E-state index contributed by atoms with van der Waals surface area (Å²) in [7, 11) is 0.